The summed E-state index contributed by atoms with van der Waals surface area (Å²) in [4.78, 5) is 2.33. The minimum atomic E-state index is -1.11. The highest BCUT2D eigenvalue weighted by molar-refractivity contribution is 6.10. The Morgan fingerprint density at radius 2 is 1.60 bits per heavy atom. The maximum Gasteiger partial charge on any atom is 0.178 e. The van der Waals surface area contributed by atoms with Crippen LogP contribution in [0.1, 0.15) is 54.0 Å². The van der Waals surface area contributed by atoms with E-state index in [-0.39, 0.29) is 19.0 Å². The molecule has 55 heavy (non-hydrogen) atoms. The van der Waals surface area contributed by atoms with Crippen molar-refractivity contribution in [3.63, 3.8) is 0 Å². The second-order valence-electron chi connectivity index (χ2n) is 14.2. The predicted molar refractivity (Wildman–Crippen MR) is 213 cm³/mol. The van der Waals surface area contributed by atoms with E-state index in [4.69, 9.17) is 28.4 Å². The molecule has 2 atom stereocenters. The van der Waals surface area contributed by atoms with Gasteiger partial charge in [0.15, 0.2) is 5.60 Å². The minimum Gasteiger partial charge on any atom is -0.497 e. The van der Waals surface area contributed by atoms with Crippen LogP contribution in [0.2, 0.25) is 0 Å². The summed E-state index contributed by atoms with van der Waals surface area (Å²) in [7, 11) is 3.36. The van der Waals surface area contributed by atoms with Gasteiger partial charge in [0.2, 0.25) is 0 Å². The normalized spacial score (nSPS) is 19.8. The van der Waals surface area contributed by atoms with E-state index in [9.17, 15) is 9.50 Å². The van der Waals surface area contributed by atoms with Crippen molar-refractivity contribution in [3.8, 4) is 28.4 Å². The Labute approximate surface area is 322 Å². The third-order valence-corrected chi connectivity index (χ3v) is 11.2. The number of aliphatic hydroxyl groups excluding tert-OH is 1. The van der Waals surface area contributed by atoms with Crippen LogP contribution >= 0.6 is 0 Å². The zero-order chi connectivity index (χ0) is 38.0. The number of hydrogen-bond acceptors (Lipinski definition) is 8. The zero-order valence-corrected chi connectivity index (χ0v) is 31.7. The number of morpholine rings is 1. The second-order valence-corrected chi connectivity index (χ2v) is 14.2. The number of fused-ring (bicyclic) bond motifs is 8. The molecule has 2 heterocycles. The molecule has 8 rings (SSSR count). The maximum atomic E-state index is 14.5. The monoisotopic (exact) mass is 745 g/mol. The van der Waals surface area contributed by atoms with Crippen LogP contribution in [-0.2, 0) is 25.4 Å². The first-order valence-electron chi connectivity index (χ1n) is 19.2. The lowest BCUT2D eigenvalue weighted by molar-refractivity contribution is -0.0533. The fraction of sp³-hybridized carbons (Fsp3) is 0.348. The van der Waals surface area contributed by atoms with Crippen LogP contribution in [0.5, 0.6) is 17.2 Å². The number of rotatable bonds is 14. The van der Waals surface area contributed by atoms with E-state index in [1.807, 2.05) is 24.3 Å². The molecule has 0 amide bonds. The summed E-state index contributed by atoms with van der Waals surface area (Å²) in [5.74, 6) is 1.83. The third-order valence-electron chi connectivity index (χ3n) is 11.2. The molecule has 1 N–H and O–H groups in total. The van der Waals surface area contributed by atoms with E-state index in [0.29, 0.717) is 32.2 Å². The predicted octanol–water partition coefficient (Wildman–Crippen LogP) is 8.62. The molecule has 286 valence electrons. The average Bonchev–Trinajstić information content (AvgIpc) is 3.53. The van der Waals surface area contributed by atoms with E-state index in [1.165, 1.54) is 12.1 Å². The summed E-state index contributed by atoms with van der Waals surface area (Å²) < 4.78 is 52.4. The molecule has 1 fully saturated rings. The smallest absolute Gasteiger partial charge is 0.178 e. The van der Waals surface area contributed by atoms with Crippen LogP contribution < -0.4 is 19.1 Å². The van der Waals surface area contributed by atoms with Gasteiger partial charge in [0.25, 0.3) is 0 Å². The first-order valence-corrected chi connectivity index (χ1v) is 19.2. The quantitative estimate of drug-likeness (QED) is 0.113. The summed E-state index contributed by atoms with van der Waals surface area (Å²) in [6, 6.07) is 27.3. The van der Waals surface area contributed by atoms with Gasteiger partial charge in [-0.1, -0.05) is 74.4 Å². The second kappa shape index (κ2) is 15.7. The zero-order valence-electron chi connectivity index (χ0n) is 31.7. The molecule has 1 saturated heterocycles. The molecule has 0 radical (unpaired) electrons. The molecule has 3 aliphatic rings. The van der Waals surface area contributed by atoms with Gasteiger partial charge in [-0.3, -0.25) is 0 Å². The van der Waals surface area contributed by atoms with Gasteiger partial charge in [-0.05, 0) is 71.0 Å². The van der Waals surface area contributed by atoms with Crippen LogP contribution in [0, 0.1) is 5.82 Å². The number of anilines is 1. The number of nitrogens with zero attached hydrogens (tertiary/aromatic N) is 1. The van der Waals surface area contributed by atoms with Crippen molar-refractivity contribution in [2.45, 2.75) is 37.4 Å². The fourth-order valence-corrected chi connectivity index (χ4v) is 8.62. The number of hydrogen-bond donors (Lipinski definition) is 1. The third kappa shape index (κ3) is 6.43. The van der Waals surface area contributed by atoms with Crippen LogP contribution in [0.3, 0.4) is 0 Å². The van der Waals surface area contributed by atoms with Crippen LogP contribution in [-0.4, -0.2) is 72.1 Å². The van der Waals surface area contributed by atoms with Crippen LogP contribution in [0.15, 0.2) is 91.0 Å². The molecule has 0 saturated carbocycles. The summed E-state index contributed by atoms with van der Waals surface area (Å²) in [5.41, 5.74) is 6.05. The largest absolute Gasteiger partial charge is 0.497 e. The summed E-state index contributed by atoms with van der Waals surface area (Å²) >= 11 is 0. The molecule has 2 aliphatic heterocycles. The molecule has 0 spiro atoms. The Kier molecular flexibility index (Phi) is 10.5. The number of benzene rings is 5. The van der Waals surface area contributed by atoms with Crippen molar-refractivity contribution in [1.29, 1.82) is 0 Å². The minimum absolute atomic E-state index is 0.0484. The van der Waals surface area contributed by atoms with E-state index < -0.39 is 11.2 Å². The first kappa shape index (κ1) is 37.0. The number of halogens is 1. The molecule has 2 unspecified atom stereocenters. The van der Waals surface area contributed by atoms with Crippen LogP contribution in [0.25, 0.3) is 28.0 Å². The molecule has 5 aromatic carbocycles. The van der Waals surface area contributed by atoms with Crippen molar-refractivity contribution in [1.82, 2.24) is 0 Å². The molecule has 5 aromatic rings. The first-order chi connectivity index (χ1) is 27.0. The van der Waals surface area contributed by atoms with Gasteiger partial charge in [-0.2, -0.15) is 0 Å². The van der Waals surface area contributed by atoms with Crippen molar-refractivity contribution in [2.75, 3.05) is 71.9 Å². The van der Waals surface area contributed by atoms with E-state index >= 15 is 0 Å². The van der Waals surface area contributed by atoms with Crippen molar-refractivity contribution < 1.29 is 37.9 Å². The van der Waals surface area contributed by atoms with E-state index in [0.717, 1.165) is 99.3 Å². The molecule has 0 aromatic heterocycles. The molecule has 8 nitrogen and oxygen atoms in total. The van der Waals surface area contributed by atoms with Gasteiger partial charge >= 0.3 is 0 Å². The van der Waals surface area contributed by atoms with Crippen molar-refractivity contribution in [2.24, 2.45) is 0 Å². The van der Waals surface area contributed by atoms with E-state index in [2.05, 4.69) is 60.4 Å². The fourth-order valence-electron chi connectivity index (χ4n) is 8.62. The lowest BCUT2D eigenvalue weighted by Crippen LogP contribution is -2.37. The Morgan fingerprint density at radius 1 is 0.855 bits per heavy atom. The highest BCUT2D eigenvalue weighted by Gasteiger charge is 2.49. The standard InChI is InChI=1S/C46H48FNO7/c1-4-5-19-46(54-28-27-53-26-23-49)39-9-7-6-8-35(39)42-37-29-40(48-21-24-52-25-22-48)41(51-3)30-38(37)44-36(43(42)46)18-20-45(55-44,31-10-14-33(47)15-11-31)32-12-16-34(50-2)17-13-32/h6-18,20,29-30,49H,4-5,19,21-28H2,1-3H3. The Morgan fingerprint density at radius 3 is 2.31 bits per heavy atom. The topological polar surface area (TPSA) is 78.9 Å². The number of ether oxygens (including phenoxy) is 6. The lowest BCUT2D eigenvalue weighted by Gasteiger charge is -2.40. The number of methoxy groups -OCH3 is 2. The highest BCUT2D eigenvalue weighted by atomic mass is 19.1. The molecular weight excluding hydrogens is 698 g/mol. The molecular formula is C46H48FNO7. The number of unbranched alkanes of at least 4 members (excludes halogenated alkanes) is 1. The average molecular weight is 746 g/mol. The van der Waals surface area contributed by atoms with Gasteiger partial charge in [-0.25, -0.2) is 4.39 Å². The molecule has 9 heteroatoms. The summed E-state index contributed by atoms with van der Waals surface area (Å²) in [6.07, 6.45) is 6.91. The van der Waals surface area contributed by atoms with Gasteiger partial charge in [0, 0.05) is 40.7 Å². The Hall–Kier alpha value is -4.93. The van der Waals surface area contributed by atoms with Gasteiger partial charge in [0.1, 0.15) is 28.7 Å². The highest BCUT2D eigenvalue weighted by Crippen LogP contribution is 2.61. The lowest BCUT2D eigenvalue weighted by atomic mass is 9.78. The van der Waals surface area contributed by atoms with E-state index in [1.54, 1.807) is 26.4 Å². The van der Waals surface area contributed by atoms with Crippen molar-refractivity contribution in [3.05, 3.63) is 125 Å². The SMILES string of the molecule is CCCCC1(OCCOCCO)c2ccccc2-c2c1c1c(c3cc(OC)c(N4CCOCC4)cc23)OC(c2ccc(F)cc2)(c2ccc(OC)cc2)C=C1. The summed E-state index contributed by atoms with van der Waals surface area (Å²) in [6.45, 7) is 5.83. The van der Waals surface area contributed by atoms with Gasteiger partial charge in [0.05, 0.1) is 59.5 Å². The van der Waals surface area contributed by atoms with Crippen molar-refractivity contribution >= 4 is 22.5 Å². The van der Waals surface area contributed by atoms with Gasteiger partial charge in [-0.15, -0.1) is 0 Å². The van der Waals surface area contributed by atoms with Gasteiger partial charge < -0.3 is 38.4 Å². The van der Waals surface area contributed by atoms with Crippen LogP contribution in [0.4, 0.5) is 10.1 Å². The molecule has 1 aliphatic carbocycles. The summed E-state index contributed by atoms with van der Waals surface area (Å²) in [5, 5.41) is 11.3. The molecule has 0 bridgehead atoms. The Balaban J connectivity index is 1.44. The number of aliphatic hydroxyl groups is 1. The maximum absolute atomic E-state index is 14.5. The Bertz CT molecular complexity index is 2180.